The Morgan fingerprint density at radius 3 is 2.73 bits per heavy atom. The molecule has 2 rings (SSSR count). The van der Waals surface area contributed by atoms with Crippen molar-refractivity contribution in [3.05, 3.63) is 34.9 Å². The molecule has 0 fully saturated rings. The first kappa shape index (κ1) is 6.84. The predicted molar refractivity (Wildman–Crippen MR) is 48.0 cm³/mol. The van der Waals surface area contributed by atoms with Crippen LogP contribution in [-0.2, 0) is 0 Å². The van der Waals surface area contributed by atoms with Crippen molar-refractivity contribution >= 4 is 22.6 Å². The third-order valence-electron chi connectivity index (χ3n) is 1.30. The lowest BCUT2D eigenvalue weighted by molar-refractivity contribution is 0.656. The Morgan fingerprint density at radius 2 is 2.18 bits per heavy atom. The third kappa shape index (κ3) is 1.28. The van der Waals surface area contributed by atoms with Gasteiger partial charge < -0.3 is 0 Å². The highest BCUT2D eigenvalue weighted by molar-refractivity contribution is 14.1. The van der Waals surface area contributed by atoms with Crippen LogP contribution in [0.3, 0.4) is 0 Å². The quantitative estimate of drug-likeness (QED) is 0.717. The molecule has 0 amide bonds. The topological polar surface area (TPSA) is 35.6 Å². The maximum atomic E-state index is 4.07. The maximum Gasteiger partial charge on any atom is 0.121 e. The third-order valence-corrected chi connectivity index (χ3v) is 1.85. The Bertz CT molecular complexity index is 337. The second-order valence-corrected chi connectivity index (χ2v) is 3.12. The lowest BCUT2D eigenvalue weighted by atomic mass is 10.9. The summed E-state index contributed by atoms with van der Waals surface area (Å²) >= 11 is 2.16. The Hall–Kier alpha value is -0.850. The van der Waals surface area contributed by atoms with Gasteiger partial charge in [0.25, 0.3) is 0 Å². The summed E-state index contributed by atoms with van der Waals surface area (Å²) in [5, 5.41) is 0. The molecule has 0 aromatic carbocycles. The molecule has 0 aliphatic rings. The molecule has 11 heavy (non-hydrogen) atoms. The van der Waals surface area contributed by atoms with E-state index in [0.29, 0.717) is 0 Å². The van der Waals surface area contributed by atoms with Crippen molar-refractivity contribution in [1.82, 2.24) is 19.3 Å². The molecule has 0 radical (unpaired) electrons. The molecule has 2 heterocycles. The van der Waals surface area contributed by atoms with Crippen LogP contribution < -0.4 is 0 Å². The summed E-state index contributed by atoms with van der Waals surface area (Å²) in [4.78, 5) is 7.99. The van der Waals surface area contributed by atoms with Crippen LogP contribution in [0.2, 0.25) is 0 Å². The van der Waals surface area contributed by atoms with Crippen LogP contribution >= 0.6 is 22.6 Å². The van der Waals surface area contributed by atoms with E-state index in [4.69, 9.17) is 0 Å². The molecule has 0 N–H and O–H groups in total. The van der Waals surface area contributed by atoms with Crippen LogP contribution in [0.25, 0.3) is 0 Å². The minimum absolute atomic E-state index is 0.969. The van der Waals surface area contributed by atoms with Gasteiger partial charge in [-0.05, 0) is 22.6 Å². The summed E-state index contributed by atoms with van der Waals surface area (Å²) < 4.78 is 4.67. The van der Waals surface area contributed by atoms with Crippen LogP contribution in [0.5, 0.6) is 0 Å². The van der Waals surface area contributed by atoms with Gasteiger partial charge in [0.05, 0.1) is 6.20 Å². The Balaban J connectivity index is 2.45. The van der Waals surface area contributed by atoms with Crippen LogP contribution in [0, 0.1) is 3.70 Å². The highest BCUT2D eigenvalue weighted by Crippen LogP contribution is 1.99. The second-order valence-electron chi connectivity index (χ2n) is 2.02. The summed E-state index contributed by atoms with van der Waals surface area (Å²) in [6.07, 6.45) is 8.97. The highest BCUT2D eigenvalue weighted by atomic mass is 127. The second kappa shape index (κ2) is 2.65. The van der Waals surface area contributed by atoms with Crippen molar-refractivity contribution in [2.75, 3.05) is 0 Å². The normalized spacial score (nSPS) is 10.3. The van der Waals surface area contributed by atoms with Crippen molar-refractivity contribution in [2.45, 2.75) is 0 Å². The minimum Gasteiger partial charge on any atom is -0.243 e. The molecule has 2 aromatic heterocycles. The van der Waals surface area contributed by atoms with Crippen LogP contribution in [0.4, 0.5) is 0 Å². The van der Waals surface area contributed by atoms with Crippen molar-refractivity contribution in [2.24, 2.45) is 0 Å². The summed E-state index contributed by atoms with van der Waals surface area (Å²) in [6.45, 7) is 0. The summed E-state index contributed by atoms with van der Waals surface area (Å²) in [7, 11) is 0. The standard InChI is InChI=1S/C6H5IN4/c7-6-3-11(5-9-6)10-2-1-8-4-10/h1-5H. The van der Waals surface area contributed by atoms with Crippen molar-refractivity contribution < 1.29 is 0 Å². The molecule has 0 atom stereocenters. The van der Waals surface area contributed by atoms with Gasteiger partial charge in [-0.3, -0.25) is 0 Å². The number of nitrogens with zero attached hydrogens (tertiary/aromatic N) is 4. The Labute approximate surface area is 77.0 Å². The number of rotatable bonds is 1. The van der Waals surface area contributed by atoms with Gasteiger partial charge in [-0.15, -0.1) is 0 Å². The molecule has 0 saturated heterocycles. The lowest BCUT2D eigenvalue weighted by Crippen LogP contribution is -2.02. The van der Waals surface area contributed by atoms with Gasteiger partial charge in [-0.25, -0.2) is 19.3 Å². The van der Waals surface area contributed by atoms with Crippen LogP contribution in [0.15, 0.2) is 31.2 Å². The Kier molecular flexibility index (Phi) is 1.65. The van der Waals surface area contributed by atoms with Gasteiger partial charge in [0.1, 0.15) is 16.4 Å². The predicted octanol–water partition coefficient (Wildman–Crippen LogP) is 0.996. The number of hydrogen-bond acceptors (Lipinski definition) is 2. The summed E-state index contributed by atoms with van der Waals surface area (Å²) in [5.74, 6) is 0. The molecule has 0 unspecified atom stereocenters. The van der Waals surface area contributed by atoms with E-state index in [2.05, 4.69) is 32.6 Å². The van der Waals surface area contributed by atoms with E-state index in [1.54, 1.807) is 18.9 Å². The molecule has 0 spiro atoms. The number of halogens is 1. The molecule has 0 aliphatic heterocycles. The van der Waals surface area contributed by atoms with Gasteiger partial charge in [0, 0.05) is 12.4 Å². The largest absolute Gasteiger partial charge is 0.243 e. The summed E-state index contributed by atoms with van der Waals surface area (Å²) in [6, 6.07) is 0. The molecule has 5 heteroatoms. The van der Waals surface area contributed by atoms with Gasteiger partial charge in [-0.1, -0.05) is 0 Å². The minimum atomic E-state index is 0.969. The van der Waals surface area contributed by atoms with Gasteiger partial charge in [0.2, 0.25) is 0 Å². The zero-order chi connectivity index (χ0) is 7.68. The van der Waals surface area contributed by atoms with E-state index in [-0.39, 0.29) is 0 Å². The van der Waals surface area contributed by atoms with Crippen LogP contribution in [-0.4, -0.2) is 19.3 Å². The van der Waals surface area contributed by atoms with Crippen molar-refractivity contribution in [3.63, 3.8) is 0 Å². The first-order valence-corrected chi connectivity index (χ1v) is 4.12. The zero-order valence-electron chi connectivity index (χ0n) is 5.55. The Morgan fingerprint density at radius 1 is 1.27 bits per heavy atom. The average Bonchev–Trinajstić information content (AvgIpc) is 2.55. The van der Waals surface area contributed by atoms with Gasteiger partial charge in [0.15, 0.2) is 0 Å². The zero-order valence-corrected chi connectivity index (χ0v) is 7.71. The van der Waals surface area contributed by atoms with E-state index < -0.39 is 0 Å². The number of hydrogen-bond donors (Lipinski definition) is 0. The van der Waals surface area contributed by atoms with Crippen molar-refractivity contribution in [1.29, 1.82) is 0 Å². The maximum absolute atomic E-state index is 4.07. The van der Waals surface area contributed by atoms with E-state index >= 15 is 0 Å². The van der Waals surface area contributed by atoms with Crippen LogP contribution in [0.1, 0.15) is 0 Å². The monoisotopic (exact) mass is 260 g/mol. The first-order chi connectivity index (χ1) is 5.36. The van der Waals surface area contributed by atoms with E-state index in [1.807, 2.05) is 21.7 Å². The molecule has 56 valence electrons. The number of aromatic nitrogens is 4. The molecule has 2 aromatic rings. The molecule has 0 aliphatic carbocycles. The molecule has 0 saturated carbocycles. The van der Waals surface area contributed by atoms with Gasteiger partial charge >= 0.3 is 0 Å². The van der Waals surface area contributed by atoms with E-state index in [9.17, 15) is 0 Å². The van der Waals surface area contributed by atoms with Crippen molar-refractivity contribution in [3.8, 4) is 0 Å². The van der Waals surface area contributed by atoms with E-state index in [1.165, 1.54) is 0 Å². The number of imidazole rings is 2. The first-order valence-electron chi connectivity index (χ1n) is 3.04. The molecular weight excluding hydrogens is 255 g/mol. The highest BCUT2D eigenvalue weighted by Gasteiger charge is 1.93. The molecular formula is C6H5IN4. The SMILES string of the molecule is Ic1cn(-n2ccnc2)cn1. The fourth-order valence-electron chi connectivity index (χ4n) is 0.805. The molecule has 0 bridgehead atoms. The lowest BCUT2D eigenvalue weighted by Gasteiger charge is -1.98. The summed E-state index contributed by atoms with van der Waals surface area (Å²) in [5.41, 5.74) is 0. The fourth-order valence-corrected chi connectivity index (χ4v) is 1.22. The molecule has 4 nitrogen and oxygen atoms in total. The van der Waals surface area contributed by atoms with Gasteiger partial charge in [-0.2, -0.15) is 0 Å². The smallest absolute Gasteiger partial charge is 0.121 e. The van der Waals surface area contributed by atoms with E-state index in [0.717, 1.165) is 3.70 Å². The average molecular weight is 260 g/mol. The fraction of sp³-hybridized carbons (Fsp3) is 0.